The highest BCUT2D eigenvalue weighted by atomic mass is 16.3. The molecule has 5 heteroatoms. The summed E-state index contributed by atoms with van der Waals surface area (Å²) in [6, 6.07) is 7.66. The number of phenols is 1. The molecular formula is C19H31N3O2. The van der Waals surface area contributed by atoms with E-state index in [1.54, 1.807) is 6.07 Å². The number of nitrogens with one attached hydrogen (secondary N) is 1. The van der Waals surface area contributed by atoms with E-state index in [1.807, 2.05) is 18.2 Å². The molecule has 1 aliphatic heterocycles. The lowest BCUT2D eigenvalue weighted by molar-refractivity contribution is -0.123. The van der Waals surface area contributed by atoms with Crippen molar-refractivity contribution >= 4 is 11.6 Å². The molecule has 134 valence electrons. The lowest BCUT2D eigenvalue weighted by Crippen LogP contribution is -2.50. The van der Waals surface area contributed by atoms with Crippen LogP contribution in [0.1, 0.15) is 33.6 Å². The van der Waals surface area contributed by atoms with Crippen LogP contribution in [0.5, 0.6) is 5.75 Å². The SMILES string of the molecule is CC(C)CC[C@H](C)NC(=O)CN1CCN(c2ccccc2O)CC1. The predicted octanol–water partition coefficient (Wildman–Crippen LogP) is 2.46. The molecule has 0 radical (unpaired) electrons. The first-order valence-electron chi connectivity index (χ1n) is 9.00. The van der Waals surface area contributed by atoms with Crippen molar-refractivity contribution in [2.24, 2.45) is 5.92 Å². The van der Waals surface area contributed by atoms with Gasteiger partial charge in [0, 0.05) is 32.2 Å². The molecule has 1 amide bonds. The van der Waals surface area contributed by atoms with E-state index in [-0.39, 0.29) is 11.9 Å². The number of carbonyl (C=O) groups excluding carboxylic acids is 1. The molecule has 0 aliphatic carbocycles. The zero-order chi connectivity index (χ0) is 17.5. The molecule has 0 unspecified atom stereocenters. The van der Waals surface area contributed by atoms with E-state index in [2.05, 4.69) is 35.9 Å². The normalized spacial score (nSPS) is 17.1. The van der Waals surface area contributed by atoms with Crippen molar-refractivity contribution in [1.82, 2.24) is 10.2 Å². The molecule has 1 atom stereocenters. The van der Waals surface area contributed by atoms with E-state index in [9.17, 15) is 9.90 Å². The lowest BCUT2D eigenvalue weighted by Gasteiger charge is -2.36. The first-order valence-corrected chi connectivity index (χ1v) is 9.00. The van der Waals surface area contributed by atoms with Crippen LogP contribution in [0.3, 0.4) is 0 Å². The summed E-state index contributed by atoms with van der Waals surface area (Å²) in [6.45, 7) is 10.3. The highest BCUT2D eigenvalue weighted by Gasteiger charge is 2.21. The Bertz CT molecular complexity index is 525. The van der Waals surface area contributed by atoms with Crippen LogP contribution >= 0.6 is 0 Å². The second kappa shape index (κ2) is 8.92. The summed E-state index contributed by atoms with van der Waals surface area (Å²) < 4.78 is 0. The van der Waals surface area contributed by atoms with Crippen LogP contribution in [0.25, 0.3) is 0 Å². The number of nitrogens with zero attached hydrogens (tertiary/aromatic N) is 2. The van der Waals surface area contributed by atoms with E-state index in [0.29, 0.717) is 18.2 Å². The molecule has 1 saturated heterocycles. The number of hydrogen-bond donors (Lipinski definition) is 2. The number of piperazine rings is 1. The van der Waals surface area contributed by atoms with Gasteiger partial charge in [-0.05, 0) is 37.8 Å². The molecule has 1 aromatic rings. The van der Waals surface area contributed by atoms with Gasteiger partial charge in [-0.1, -0.05) is 26.0 Å². The Kier molecular flexibility index (Phi) is 6.91. The van der Waals surface area contributed by atoms with Gasteiger partial charge in [0.1, 0.15) is 5.75 Å². The number of para-hydroxylation sites is 2. The van der Waals surface area contributed by atoms with Gasteiger partial charge in [0.05, 0.1) is 12.2 Å². The highest BCUT2D eigenvalue weighted by molar-refractivity contribution is 5.78. The number of benzene rings is 1. The Balaban J connectivity index is 1.73. The Morgan fingerprint density at radius 1 is 1.12 bits per heavy atom. The molecule has 5 nitrogen and oxygen atoms in total. The molecule has 0 bridgehead atoms. The number of rotatable bonds is 7. The van der Waals surface area contributed by atoms with Crippen molar-refractivity contribution in [2.75, 3.05) is 37.6 Å². The van der Waals surface area contributed by atoms with Gasteiger partial charge in [-0.15, -0.1) is 0 Å². The standard InChI is InChI=1S/C19H31N3O2/c1-15(2)8-9-16(3)20-19(24)14-21-10-12-22(13-11-21)17-6-4-5-7-18(17)23/h4-7,15-16,23H,8-14H2,1-3H3,(H,20,24)/t16-/m0/s1. The molecule has 1 aliphatic rings. The summed E-state index contributed by atoms with van der Waals surface area (Å²) in [5, 5.41) is 13.0. The number of carbonyl (C=O) groups is 1. The first-order chi connectivity index (χ1) is 11.5. The maximum atomic E-state index is 12.2. The minimum Gasteiger partial charge on any atom is -0.506 e. The zero-order valence-electron chi connectivity index (χ0n) is 15.2. The third kappa shape index (κ3) is 5.71. The van der Waals surface area contributed by atoms with Crippen LogP contribution < -0.4 is 10.2 Å². The minimum atomic E-state index is 0.113. The monoisotopic (exact) mass is 333 g/mol. The number of hydrogen-bond acceptors (Lipinski definition) is 4. The number of amides is 1. The van der Waals surface area contributed by atoms with Gasteiger partial charge in [-0.25, -0.2) is 0 Å². The fourth-order valence-corrected chi connectivity index (χ4v) is 3.06. The molecule has 2 N–H and O–H groups in total. The van der Waals surface area contributed by atoms with Crippen LogP contribution in [-0.4, -0.2) is 54.7 Å². The Hall–Kier alpha value is -1.75. The van der Waals surface area contributed by atoms with E-state index in [4.69, 9.17) is 0 Å². The number of phenolic OH excluding ortho intramolecular Hbond substituents is 1. The maximum absolute atomic E-state index is 12.2. The smallest absolute Gasteiger partial charge is 0.234 e. The topological polar surface area (TPSA) is 55.8 Å². The molecule has 2 rings (SSSR count). The largest absolute Gasteiger partial charge is 0.506 e. The molecule has 0 saturated carbocycles. The summed E-state index contributed by atoms with van der Waals surface area (Å²) >= 11 is 0. The second-order valence-corrected chi connectivity index (χ2v) is 7.19. The van der Waals surface area contributed by atoms with E-state index >= 15 is 0 Å². The Morgan fingerprint density at radius 2 is 1.79 bits per heavy atom. The predicted molar refractivity (Wildman–Crippen MR) is 98.4 cm³/mol. The van der Waals surface area contributed by atoms with Crippen molar-refractivity contribution in [1.29, 1.82) is 0 Å². The molecular weight excluding hydrogens is 302 g/mol. The molecule has 0 aromatic heterocycles. The number of aromatic hydroxyl groups is 1. The van der Waals surface area contributed by atoms with Crippen LogP contribution in [0.4, 0.5) is 5.69 Å². The Morgan fingerprint density at radius 3 is 2.42 bits per heavy atom. The van der Waals surface area contributed by atoms with Crippen molar-refractivity contribution in [2.45, 2.75) is 39.7 Å². The van der Waals surface area contributed by atoms with Crippen molar-refractivity contribution < 1.29 is 9.90 Å². The summed E-state index contributed by atoms with van der Waals surface area (Å²) in [5.41, 5.74) is 0.879. The fraction of sp³-hybridized carbons (Fsp3) is 0.632. The van der Waals surface area contributed by atoms with Crippen molar-refractivity contribution in [3.8, 4) is 5.75 Å². The second-order valence-electron chi connectivity index (χ2n) is 7.19. The average molecular weight is 333 g/mol. The quantitative estimate of drug-likeness (QED) is 0.805. The number of anilines is 1. The molecule has 24 heavy (non-hydrogen) atoms. The van der Waals surface area contributed by atoms with Crippen molar-refractivity contribution in [3.05, 3.63) is 24.3 Å². The van der Waals surface area contributed by atoms with Crippen molar-refractivity contribution in [3.63, 3.8) is 0 Å². The fourth-order valence-electron chi connectivity index (χ4n) is 3.06. The zero-order valence-corrected chi connectivity index (χ0v) is 15.2. The van der Waals surface area contributed by atoms with E-state index < -0.39 is 0 Å². The van der Waals surface area contributed by atoms with E-state index in [1.165, 1.54) is 0 Å². The molecule has 1 fully saturated rings. The Labute approximate surface area is 145 Å². The van der Waals surface area contributed by atoms with Crippen LogP contribution in [0.2, 0.25) is 0 Å². The summed E-state index contributed by atoms with van der Waals surface area (Å²) in [6.07, 6.45) is 2.17. The average Bonchev–Trinajstić information content (AvgIpc) is 2.54. The molecule has 1 heterocycles. The van der Waals surface area contributed by atoms with Gasteiger partial charge in [0.2, 0.25) is 5.91 Å². The van der Waals surface area contributed by atoms with Gasteiger partial charge in [0.25, 0.3) is 0 Å². The summed E-state index contributed by atoms with van der Waals surface area (Å²) in [4.78, 5) is 16.5. The van der Waals surface area contributed by atoms with Gasteiger partial charge in [-0.3, -0.25) is 9.69 Å². The van der Waals surface area contributed by atoms with E-state index in [0.717, 1.165) is 44.7 Å². The van der Waals surface area contributed by atoms with Crippen LogP contribution in [-0.2, 0) is 4.79 Å². The van der Waals surface area contributed by atoms with Crippen LogP contribution in [0, 0.1) is 5.92 Å². The van der Waals surface area contributed by atoms with Gasteiger partial charge < -0.3 is 15.3 Å². The van der Waals surface area contributed by atoms with Gasteiger partial charge in [-0.2, -0.15) is 0 Å². The van der Waals surface area contributed by atoms with Crippen LogP contribution in [0.15, 0.2) is 24.3 Å². The highest BCUT2D eigenvalue weighted by Crippen LogP contribution is 2.27. The molecule has 0 spiro atoms. The third-order valence-electron chi connectivity index (χ3n) is 4.55. The summed E-state index contributed by atoms with van der Waals surface area (Å²) in [7, 11) is 0. The first kappa shape index (κ1) is 18.6. The van der Waals surface area contributed by atoms with Gasteiger partial charge >= 0.3 is 0 Å². The lowest BCUT2D eigenvalue weighted by atomic mass is 10.0. The minimum absolute atomic E-state index is 0.113. The summed E-state index contributed by atoms with van der Waals surface area (Å²) in [5.74, 6) is 1.11. The molecule has 1 aromatic carbocycles. The maximum Gasteiger partial charge on any atom is 0.234 e. The third-order valence-corrected chi connectivity index (χ3v) is 4.55. The van der Waals surface area contributed by atoms with Gasteiger partial charge in [0.15, 0.2) is 0 Å².